The van der Waals surface area contributed by atoms with Crippen molar-refractivity contribution in [2.24, 2.45) is 0 Å². The van der Waals surface area contributed by atoms with Gasteiger partial charge in [0.15, 0.2) is 17.7 Å². The summed E-state index contributed by atoms with van der Waals surface area (Å²) in [7, 11) is 2.04. The van der Waals surface area contributed by atoms with Gasteiger partial charge in [0.2, 0.25) is 0 Å². The van der Waals surface area contributed by atoms with Gasteiger partial charge >= 0.3 is 0 Å². The molecule has 2 unspecified atom stereocenters. The minimum Gasteiger partial charge on any atom is -0.475 e. The standard InChI is InChI=1S/C12H15BrN4O2/c1-17-3-2-14-8(6-17)10-12(18)16-11-9(19-10)4-7(13)5-15-11/h4-5,8,10,14H,2-3,6H2,1H3,(H,15,16,18). The summed E-state index contributed by atoms with van der Waals surface area (Å²) < 4.78 is 6.65. The molecular formula is C12H15BrN4O2. The summed E-state index contributed by atoms with van der Waals surface area (Å²) in [6, 6.07) is 1.81. The largest absolute Gasteiger partial charge is 0.475 e. The Morgan fingerprint density at radius 3 is 3.21 bits per heavy atom. The third kappa shape index (κ3) is 2.58. The van der Waals surface area contributed by atoms with E-state index in [1.54, 1.807) is 6.20 Å². The van der Waals surface area contributed by atoms with Crippen LogP contribution in [0, 0.1) is 0 Å². The summed E-state index contributed by atoms with van der Waals surface area (Å²) in [6.45, 7) is 2.63. The van der Waals surface area contributed by atoms with Gasteiger partial charge in [-0.2, -0.15) is 0 Å². The number of hydrogen-bond donors (Lipinski definition) is 2. The molecule has 0 spiro atoms. The molecule has 2 atom stereocenters. The van der Waals surface area contributed by atoms with E-state index >= 15 is 0 Å². The molecule has 2 aliphatic rings. The first-order valence-electron chi connectivity index (χ1n) is 6.18. The highest BCUT2D eigenvalue weighted by molar-refractivity contribution is 9.10. The Morgan fingerprint density at radius 1 is 1.58 bits per heavy atom. The number of piperazine rings is 1. The Kier molecular flexibility index (Phi) is 3.42. The average Bonchev–Trinajstić information content (AvgIpc) is 2.38. The number of halogens is 1. The molecule has 1 fully saturated rings. The van der Waals surface area contributed by atoms with Crippen molar-refractivity contribution in [3.63, 3.8) is 0 Å². The fourth-order valence-corrected chi connectivity index (χ4v) is 2.69. The quantitative estimate of drug-likeness (QED) is 0.784. The van der Waals surface area contributed by atoms with Crippen LogP contribution in [0.4, 0.5) is 5.82 Å². The molecule has 0 aliphatic carbocycles. The maximum absolute atomic E-state index is 12.1. The summed E-state index contributed by atoms with van der Waals surface area (Å²) in [5, 5.41) is 6.13. The van der Waals surface area contributed by atoms with E-state index in [0.29, 0.717) is 11.6 Å². The van der Waals surface area contributed by atoms with Crippen LogP contribution in [0.2, 0.25) is 0 Å². The van der Waals surface area contributed by atoms with Crippen LogP contribution >= 0.6 is 15.9 Å². The zero-order valence-corrected chi connectivity index (χ0v) is 12.1. The van der Waals surface area contributed by atoms with Crippen LogP contribution in [-0.2, 0) is 4.79 Å². The van der Waals surface area contributed by atoms with E-state index in [0.717, 1.165) is 24.1 Å². The summed E-state index contributed by atoms with van der Waals surface area (Å²) in [5.74, 6) is 0.942. The number of hydrogen-bond acceptors (Lipinski definition) is 5. The van der Waals surface area contributed by atoms with Crippen molar-refractivity contribution >= 4 is 27.7 Å². The number of likely N-dealkylation sites (N-methyl/N-ethyl adjacent to an activating group) is 1. The number of ether oxygens (including phenoxy) is 1. The zero-order chi connectivity index (χ0) is 13.4. The molecule has 7 heteroatoms. The van der Waals surface area contributed by atoms with Crippen molar-refractivity contribution in [2.75, 3.05) is 32.0 Å². The van der Waals surface area contributed by atoms with Gasteiger partial charge in [-0.15, -0.1) is 0 Å². The molecule has 0 saturated carbocycles. The molecular weight excluding hydrogens is 312 g/mol. The molecule has 3 rings (SSSR count). The van der Waals surface area contributed by atoms with Gasteiger partial charge in [-0.1, -0.05) is 0 Å². The first kappa shape index (κ1) is 12.8. The third-order valence-electron chi connectivity index (χ3n) is 3.35. The lowest BCUT2D eigenvalue weighted by molar-refractivity contribution is -0.125. The highest BCUT2D eigenvalue weighted by atomic mass is 79.9. The molecule has 6 nitrogen and oxygen atoms in total. The molecule has 1 saturated heterocycles. The topological polar surface area (TPSA) is 66.5 Å². The van der Waals surface area contributed by atoms with E-state index in [1.165, 1.54) is 0 Å². The molecule has 0 radical (unpaired) electrons. The van der Waals surface area contributed by atoms with Crippen LogP contribution in [0.15, 0.2) is 16.7 Å². The maximum atomic E-state index is 12.1. The molecule has 102 valence electrons. The molecule has 2 aliphatic heterocycles. The number of carbonyl (C=O) groups is 1. The van der Waals surface area contributed by atoms with E-state index in [-0.39, 0.29) is 11.9 Å². The Balaban J connectivity index is 1.82. The third-order valence-corrected chi connectivity index (χ3v) is 3.78. The summed E-state index contributed by atoms with van der Waals surface area (Å²) in [5.41, 5.74) is 0. The second-order valence-corrected chi connectivity index (χ2v) is 5.77. The fraction of sp³-hybridized carbons (Fsp3) is 0.500. The van der Waals surface area contributed by atoms with Crippen LogP contribution in [0.25, 0.3) is 0 Å². The number of nitrogens with one attached hydrogen (secondary N) is 2. The monoisotopic (exact) mass is 326 g/mol. The van der Waals surface area contributed by atoms with Crippen LogP contribution in [0.5, 0.6) is 5.75 Å². The molecule has 2 N–H and O–H groups in total. The van der Waals surface area contributed by atoms with E-state index in [4.69, 9.17) is 4.74 Å². The SMILES string of the molecule is CN1CCNC(C2Oc3cc(Br)cnc3NC2=O)C1. The van der Waals surface area contributed by atoms with Crippen molar-refractivity contribution in [1.82, 2.24) is 15.2 Å². The molecule has 1 aromatic heterocycles. The molecule has 0 bridgehead atoms. The smallest absolute Gasteiger partial charge is 0.268 e. The molecule has 3 heterocycles. The van der Waals surface area contributed by atoms with E-state index in [2.05, 4.69) is 36.4 Å². The number of aromatic nitrogens is 1. The number of carbonyl (C=O) groups excluding carboxylic acids is 1. The Bertz CT molecular complexity index is 511. The van der Waals surface area contributed by atoms with Crippen molar-refractivity contribution in [2.45, 2.75) is 12.1 Å². The lowest BCUT2D eigenvalue weighted by Gasteiger charge is -2.37. The number of pyridine rings is 1. The number of fused-ring (bicyclic) bond motifs is 1. The normalized spacial score (nSPS) is 27.4. The highest BCUT2D eigenvalue weighted by Gasteiger charge is 2.36. The van der Waals surface area contributed by atoms with Gasteiger partial charge < -0.3 is 20.3 Å². The van der Waals surface area contributed by atoms with Gasteiger partial charge in [-0.05, 0) is 29.0 Å². The van der Waals surface area contributed by atoms with E-state index in [1.807, 2.05) is 13.1 Å². The second-order valence-electron chi connectivity index (χ2n) is 4.85. The lowest BCUT2D eigenvalue weighted by atomic mass is 10.1. The van der Waals surface area contributed by atoms with E-state index in [9.17, 15) is 4.79 Å². The molecule has 1 aromatic rings. The predicted octanol–water partition coefficient (Wildman–Crippen LogP) is 0.447. The van der Waals surface area contributed by atoms with Crippen molar-refractivity contribution in [1.29, 1.82) is 0 Å². The first-order chi connectivity index (χ1) is 9.13. The second kappa shape index (κ2) is 5.07. The molecule has 1 amide bonds. The van der Waals surface area contributed by atoms with Gasteiger partial charge in [0, 0.05) is 30.3 Å². The van der Waals surface area contributed by atoms with Crippen molar-refractivity contribution in [3.8, 4) is 5.75 Å². The molecule has 0 aromatic carbocycles. The van der Waals surface area contributed by atoms with Crippen LogP contribution in [-0.4, -0.2) is 54.6 Å². The first-order valence-corrected chi connectivity index (χ1v) is 6.98. The minimum absolute atomic E-state index is 0.00844. The Hall–Kier alpha value is -1.18. The van der Waals surface area contributed by atoms with Gasteiger partial charge in [0.25, 0.3) is 5.91 Å². The zero-order valence-electron chi connectivity index (χ0n) is 10.5. The lowest BCUT2D eigenvalue weighted by Crippen LogP contribution is -2.60. The highest BCUT2D eigenvalue weighted by Crippen LogP contribution is 2.30. The van der Waals surface area contributed by atoms with Crippen LogP contribution < -0.4 is 15.4 Å². The number of amides is 1. The average molecular weight is 327 g/mol. The van der Waals surface area contributed by atoms with E-state index < -0.39 is 6.10 Å². The van der Waals surface area contributed by atoms with Gasteiger partial charge in [-0.25, -0.2) is 4.98 Å². The number of rotatable bonds is 1. The number of anilines is 1. The number of nitrogens with zero attached hydrogens (tertiary/aromatic N) is 2. The van der Waals surface area contributed by atoms with Crippen molar-refractivity contribution < 1.29 is 9.53 Å². The fourth-order valence-electron chi connectivity index (χ4n) is 2.38. The summed E-state index contributed by atoms with van der Waals surface area (Å²) in [6.07, 6.45) is 1.11. The van der Waals surface area contributed by atoms with Crippen molar-refractivity contribution in [3.05, 3.63) is 16.7 Å². The van der Waals surface area contributed by atoms with Gasteiger partial charge in [-0.3, -0.25) is 4.79 Å². The van der Waals surface area contributed by atoms with Crippen LogP contribution in [0.1, 0.15) is 0 Å². The van der Waals surface area contributed by atoms with Crippen LogP contribution in [0.3, 0.4) is 0 Å². The maximum Gasteiger partial charge on any atom is 0.268 e. The summed E-state index contributed by atoms with van der Waals surface area (Å²) in [4.78, 5) is 18.4. The Morgan fingerprint density at radius 2 is 2.42 bits per heavy atom. The Labute approximate surface area is 119 Å². The minimum atomic E-state index is -0.522. The van der Waals surface area contributed by atoms with Gasteiger partial charge in [0.1, 0.15) is 0 Å². The predicted molar refractivity (Wildman–Crippen MR) is 74.3 cm³/mol. The molecule has 19 heavy (non-hydrogen) atoms. The summed E-state index contributed by atoms with van der Waals surface area (Å²) >= 11 is 3.35. The van der Waals surface area contributed by atoms with Gasteiger partial charge in [0.05, 0.1) is 6.04 Å².